The Hall–Kier alpha value is -2.08. The van der Waals surface area contributed by atoms with Gasteiger partial charge >= 0.3 is 5.97 Å². The van der Waals surface area contributed by atoms with Gasteiger partial charge in [-0.25, -0.2) is 4.79 Å². The quantitative estimate of drug-likeness (QED) is 0.420. The molecule has 0 aliphatic carbocycles. The summed E-state index contributed by atoms with van der Waals surface area (Å²) in [6, 6.07) is 9.03. The molecule has 2 atom stereocenters. The molecule has 114 valence electrons. The molecular formula is C15H22N4O2. The zero-order chi connectivity index (χ0) is 15.2. The first-order valence-corrected chi connectivity index (χ1v) is 7.14. The van der Waals surface area contributed by atoms with Gasteiger partial charge in [0.15, 0.2) is 5.96 Å². The molecule has 2 rings (SSSR count). The van der Waals surface area contributed by atoms with Crippen molar-refractivity contribution in [2.75, 3.05) is 13.1 Å². The number of carbonyl (C=O) groups is 1. The molecule has 21 heavy (non-hydrogen) atoms. The number of hydrogen-bond donors (Lipinski definition) is 3. The Kier molecular flexibility index (Phi) is 5.16. The van der Waals surface area contributed by atoms with E-state index in [0.29, 0.717) is 13.1 Å². The highest BCUT2D eigenvalue weighted by Gasteiger charge is 2.40. The smallest absolute Gasteiger partial charge is 0.329 e. The molecule has 6 heteroatoms. The molecule has 0 saturated carbocycles. The zero-order valence-corrected chi connectivity index (χ0v) is 12.0. The van der Waals surface area contributed by atoms with Crippen LogP contribution in [0.3, 0.4) is 0 Å². The van der Waals surface area contributed by atoms with Gasteiger partial charge in [0.25, 0.3) is 0 Å². The summed E-state index contributed by atoms with van der Waals surface area (Å²) < 4.78 is 5.40. The first-order valence-electron chi connectivity index (χ1n) is 7.14. The molecule has 1 saturated heterocycles. The molecule has 1 aromatic rings. The van der Waals surface area contributed by atoms with Crippen LogP contribution in [0.5, 0.6) is 0 Å². The van der Waals surface area contributed by atoms with E-state index in [1.165, 1.54) is 0 Å². The minimum Gasteiger partial charge on any atom is -0.459 e. The van der Waals surface area contributed by atoms with Gasteiger partial charge in [-0.2, -0.15) is 0 Å². The third-order valence-corrected chi connectivity index (χ3v) is 3.84. The fourth-order valence-electron chi connectivity index (χ4n) is 2.78. The number of nitrogens with zero attached hydrogens (tertiary/aromatic N) is 1. The highest BCUT2D eigenvalue weighted by Crippen LogP contribution is 2.27. The number of nitrogens with two attached hydrogens (primary N) is 2. The van der Waals surface area contributed by atoms with Crippen molar-refractivity contribution < 1.29 is 9.53 Å². The van der Waals surface area contributed by atoms with Crippen molar-refractivity contribution >= 4 is 11.9 Å². The number of likely N-dealkylation sites (tertiary alicyclic amines) is 1. The van der Waals surface area contributed by atoms with E-state index >= 15 is 0 Å². The van der Waals surface area contributed by atoms with Crippen molar-refractivity contribution in [3.8, 4) is 0 Å². The van der Waals surface area contributed by atoms with Crippen molar-refractivity contribution in [1.29, 1.82) is 5.41 Å². The lowest BCUT2D eigenvalue weighted by Gasteiger charge is -2.26. The second-order valence-electron chi connectivity index (χ2n) is 5.24. The summed E-state index contributed by atoms with van der Waals surface area (Å²) in [4.78, 5) is 14.0. The van der Waals surface area contributed by atoms with Gasteiger partial charge in [0, 0.05) is 6.54 Å². The van der Waals surface area contributed by atoms with Crippen LogP contribution in [-0.2, 0) is 16.1 Å². The Balaban J connectivity index is 2.01. The highest BCUT2D eigenvalue weighted by atomic mass is 16.5. The van der Waals surface area contributed by atoms with Gasteiger partial charge in [-0.3, -0.25) is 5.41 Å². The summed E-state index contributed by atoms with van der Waals surface area (Å²) >= 11 is 0. The van der Waals surface area contributed by atoms with Crippen LogP contribution >= 0.6 is 0 Å². The fraction of sp³-hybridized carbons (Fsp3) is 0.467. The number of hydrogen-bond acceptors (Lipinski definition) is 4. The number of esters is 1. The molecule has 5 N–H and O–H groups in total. The summed E-state index contributed by atoms with van der Waals surface area (Å²) in [6.07, 6.45) is 1.54. The maximum atomic E-state index is 12.4. The van der Waals surface area contributed by atoms with E-state index in [-0.39, 0.29) is 24.5 Å². The van der Waals surface area contributed by atoms with Crippen LogP contribution in [0.2, 0.25) is 0 Å². The molecule has 0 radical (unpaired) electrons. The first-order chi connectivity index (χ1) is 10.1. The summed E-state index contributed by atoms with van der Waals surface area (Å²) in [5.41, 5.74) is 12.1. The van der Waals surface area contributed by atoms with Gasteiger partial charge in [-0.1, -0.05) is 30.3 Å². The standard InChI is InChI=1S/C15H22N4O2/c16-8-6-12-7-9-19(15(17)18)13(12)14(20)21-10-11-4-2-1-3-5-11/h1-5,12-13H,6-10,16H2,(H3,17,18). The highest BCUT2D eigenvalue weighted by molar-refractivity contribution is 5.84. The number of rotatable bonds is 5. The minimum atomic E-state index is -0.491. The number of nitrogens with one attached hydrogen (secondary N) is 1. The van der Waals surface area contributed by atoms with Crippen LogP contribution in [0, 0.1) is 11.3 Å². The molecule has 0 bridgehead atoms. The van der Waals surface area contributed by atoms with E-state index < -0.39 is 6.04 Å². The topological polar surface area (TPSA) is 105 Å². The van der Waals surface area contributed by atoms with Gasteiger partial charge in [-0.15, -0.1) is 0 Å². The van der Waals surface area contributed by atoms with Crippen LogP contribution in [0.4, 0.5) is 0 Å². The number of benzene rings is 1. The molecule has 0 aromatic heterocycles. The van der Waals surface area contributed by atoms with E-state index in [0.717, 1.165) is 18.4 Å². The minimum absolute atomic E-state index is 0.0869. The maximum absolute atomic E-state index is 12.4. The Morgan fingerprint density at radius 3 is 2.71 bits per heavy atom. The van der Waals surface area contributed by atoms with E-state index in [1.807, 2.05) is 30.3 Å². The largest absolute Gasteiger partial charge is 0.459 e. The average molecular weight is 290 g/mol. The first kappa shape index (κ1) is 15.3. The molecule has 6 nitrogen and oxygen atoms in total. The van der Waals surface area contributed by atoms with E-state index in [9.17, 15) is 4.79 Å². The van der Waals surface area contributed by atoms with Gasteiger partial charge < -0.3 is 21.1 Å². The SMILES string of the molecule is N=C(N)N1CCC(CCN)C1C(=O)OCc1ccccc1. The second kappa shape index (κ2) is 7.08. The fourth-order valence-corrected chi connectivity index (χ4v) is 2.78. The van der Waals surface area contributed by atoms with Gasteiger partial charge in [0.2, 0.25) is 0 Å². The summed E-state index contributed by atoms with van der Waals surface area (Å²) in [5.74, 6) is -0.316. The third-order valence-electron chi connectivity index (χ3n) is 3.84. The molecule has 1 heterocycles. The Morgan fingerprint density at radius 1 is 1.38 bits per heavy atom. The molecule has 1 fully saturated rings. The molecule has 1 aromatic carbocycles. The van der Waals surface area contributed by atoms with Crippen LogP contribution in [-0.4, -0.2) is 36.0 Å². The summed E-state index contributed by atoms with van der Waals surface area (Å²) in [6.45, 7) is 1.35. The van der Waals surface area contributed by atoms with Crippen molar-refractivity contribution in [2.45, 2.75) is 25.5 Å². The molecule has 0 amide bonds. The molecular weight excluding hydrogens is 268 g/mol. The Labute approximate surface area is 124 Å². The predicted molar refractivity (Wildman–Crippen MR) is 80.4 cm³/mol. The number of carbonyl (C=O) groups excluding carboxylic acids is 1. The lowest BCUT2D eigenvalue weighted by molar-refractivity contribution is -0.150. The van der Waals surface area contributed by atoms with Gasteiger partial charge in [0.1, 0.15) is 12.6 Å². The van der Waals surface area contributed by atoms with Crippen molar-refractivity contribution in [1.82, 2.24) is 4.90 Å². The van der Waals surface area contributed by atoms with E-state index in [4.69, 9.17) is 21.6 Å². The van der Waals surface area contributed by atoms with E-state index in [2.05, 4.69) is 0 Å². The number of ether oxygens (including phenoxy) is 1. The van der Waals surface area contributed by atoms with Crippen molar-refractivity contribution in [2.24, 2.45) is 17.4 Å². The molecule has 2 unspecified atom stereocenters. The summed E-state index contributed by atoms with van der Waals surface area (Å²) in [5, 5.41) is 7.60. The monoisotopic (exact) mass is 290 g/mol. The summed E-state index contributed by atoms with van der Waals surface area (Å²) in [7, 11) is 0. The van der Waals surface area contributed by atoms with Crippen molar-refractivity contribution in [3.63, 3.8) is 0 Å². The van der Waals surface area contributed by atoms with Crippen LogP contribution in [0.1, 0.15) is 18.4 Å². The van der Waals surface area contributed by atoms with Gasteiger partial charge in [0.05, 0.1) is 0 Å². The number of guanidine groups is 1. The normalized spacial score (nSPS) is 21.3. The van der Waals surface area contributed by atoms with Crippen LogP contribution in [0.15, 0.2) is 30.3 Å². The van der Waals surface area contributed by atoms with Crippen molar-refractivity contribution in [3.05, 3.63) is 35.9 Å². The predicted octanol–water partition coefficient (Wildman–Crippen LogP) is 0.663. The maximum Gasteiger partial charge on any atom is 0.329 e. The Morgan fingerprint density at radius 2 is 2.10 bits per heavy atom. The lowest BCUT2D eigenvalue weighted by atomic mass is 9.96. The molecule has 1 aliphatic heterocycles. The second-order valence-corrected chi connectivity index (χ2v) is 5.24. The zero-order valence-electron chi connectivity index (χ0n) is 12.0. The third kappa shape index (κ3) is 3.72. The van der Waals surface area contributed by atoms with Crippen LogP contribution in [0.25, 0.3) is 0 Å². The molecule has 1 aliphatic rings. The van der Waals surface area contributed by atoms with Gasteiger partial charge in [-0.05, 0) is 30.9 Å². The molecule has 0 spiro atoms. The van der Waals surface area contributed by atoms with E-state index in [1.54, 1.807) is 4.90 Å². The lowest BCUT2D eigenvalue weighted by Crippen LogP contribution is -2.47. The average Bonchev–Trinajstić information content (AvgIpc) is 2.90. The van der Waals surface area contributed by atoms with Crippen LogP contribution < -0.4 is 11.5 Å². The Bertz CT molecular complexity index is 492.